The maximum Gasteiger partial charge on any atom is 0.242 e. The summed E-state index contributed by atoms with van der Waals surface area (Å²) in [5.74, 6) is 1.27. The van der Waals surface area contributed by atoms with Crippen molar-refractivity contribution >= 4 is 17.6 Å². The van der Waals surface area contributed by atoms with E-state index in [2.05, 4.69) is 25.5 Å². The van der Waals surface area contributed by atoms with E-state index in [1.807, 2.05) is 6.07 Å². The molecule has 1 aromatic rings. The molecule has 2 fully saturated rings. The van der Waals surface area contributed by atoms with Crippen LogP contribution in [0.25, 0.3) is 0 Å². The van der Waals surface area contributed by atoms with Gasteiger partial charge in [0.15, 0.2) is 0 Å². The average molecular weight is 289 g/mol. The number of carbonyl (C=O) groups is 2. The van der Waals surface area contributed by atoms with E-state index in [1.165, 1.54) is 12.8 Å². The van der Waals surface area contributed by atoms with Crippen molar-refractivity contribution in [1.29, 1.82) is 0 Å². The van der Waals surface area contributed by atoms with Crippen molar-refractivity contribution in [3.63, 3.8) is 0 Å². The highest BCUT2D eigenvalue weighted by molar-refractivity contribution is 5.90. The first-order chi connectivity index (χ1) is 10.2. The summed E-state index contributed by atoms with van der Waals surface area (Å²) >= 11 is 0. The molecule has 7 nitrogen and oxygen atoms in total. The summed E-state index contributed by atoms with van der Waals surface area (Å²) in [5, 5.41) is 5.43. The fourth-order valence-corrected chi connectivity index (χ4v) is 2.70. The molecule has 112 valence electrons. The van der Waals surface area contributed by atoms with Gasteiger partial charge in [-0.25, -0.2) is 9.97 Å². The molecule has 0 aliphatic carbocycles. The van der Waals surface area contributed by atoms with Gasteiger partial charge in [-0.05, 0) is 25.3 Å². The predicted molar refractivity (Wildman–Crippen MR) is 76.5 cm³/mol. The summed E-state index contributed by atoms with van der Waals surface area (Å²) in [6, 6.07) is 1.48. The fourth-order valence-electron chi connectivity index (χ4n) is 2.70. The minimum absolute atomic E-state index is 0.0672. The van der Waals surface area contributed by atoms with E-state index in [9.17, 15) is 9.59 Å². The zero-order chi connectivity index (χ0) is 14.7. The molecule has 1 aromatic heterocycles. The Morgan fingerprint density at radius 2 is 2.24 bits per heavy atom. The van der Waals surface area contributed by atoms with Gasteiger partial charge in [0, 0.05) is 25.7 Å². The molecule has 21 heavy (non-hydrogen) atoms. The molecule has 2 aliphatic rings. The third-order valence-corrected chi connectivity index (χ3v) is 3.85. The number of nitrogens with zero attached hydrogens (tertiary/aromatic N) is 3. The van der Waals surface area contributed by atoms with Gasteiger partial charge in [0.2, 0.25) is 11.8 Å². The Labute approximate surface area is 123 Å². The second-order valence-corrected chi connectivity index (χ2v) is 5.40. The van der Waals surface area contributed by atoms with Gasteiger partial charge in [0.05, 0.1) is 6.54 Å². The molecule has 2 amide bonds. The lowest BCUT2D eigenvalue weighted by molar-refractivity contribution is -0.125. The number of amides is 2. The van der Waals surface area contributed by atoms with Crippen LogP contribution in [-0.2, 0) is 16.1 Å². The smallest absolute Gasteiger partial charge is 0.242 e. The van der Waals surface area contributed by atoms with Gasteiger partial charge in [0.25, 0.3) is 0 Å². The zero-order valence-corrected chi connectivity index (χ0v) is 11.8. The van der Waals surface area contributed by atoms with E-state index in [4.69, 9.17) is 0 Å². The van der Waals surface area contributed by atoms with Gasteiger partial charge < -0.3 is 15.5 Å². The SMILES string of the molecule is O=C1CCC(C(=O)NCc2nccc(N3CCCC3)n2)N1. The third-order valence-electron chi connectivity index (χ3n) is 3.85. The Balaban J connectivity index is 1.56. The molecular formula is C14H19N5O2. The molecule has 2 N–H and O–H groups in total. The van der Waals surface area contributed by atoms with Crippen LogP contribution in [0.3, 0.4) is 0 Å². The van der Waals surface area contributed by atoms with Crippen molar-refractivity contribution < 1.29 is 9.59 Å². The number of hydrogen-bond acceptors (Lipinski definition) is 5. The Morgan fingerprint density at radius 1 is 1.43 bits per heavy atom. The number of rotatable bonds is 4. The van der Waals surface area contributed by atoms with Gasteiger partial charge in [-0.15, -0.1) is 0 Å². The molecule has 3 rings (SSSR count). The Kier molecular flexibility index (Phi) is 3.98. The van der Waals surface area contributed by atoms with Crippen LogP contribution >= 0.6 is 0 Å². The zero-order valence-electron chi connectivity index (χ0n) is 11.8. The van der Waals surface area contributed by atoms with Crippen molar-refractivity contribution in [1.82, 2.24) is 20.6 Å². The molecule has 1 atom stereocenters. The van der Waals surface area contributed by atoms with Crippen molar-refractivity contribution in [2.45, 2.75) is 38.3 Å². The van der Waals surface area contributed by atoms with Crippen LogP contribution in [0.15, 0.2) is 12.3 Å². The quantitative estimate of drug-likeness (QED) is 0.813. The molecule has 7 heteroatoms. The van der Waals surface area contributed by atoms with Gasteiger partial charge in [-0.3, -0.25) is 9.59 Å². The Hall–Kier alpha value is -2.18. The lowest BCUT2D eigenvalue weighted by atomic mass is 10.2. The Morgan fingerprint density at radius 3 is 2.95 bits per heavy atom. The second kappa shape index (κ2) is 6.07. The van der Waals surface area contributed by atoms with Crippen LogP contribution in [0.1, 0.15) is 31.5 Å². The van der Waals surface area contributed by atoms with Crippen LogP contribution in [0.4, 0.5) is 5.82 Å². The molecule has 0 radical (unpaired) electrons. The molecule has 0 bridgehead atoms. The number of carbonyl (C=O) groups excluding carboxylic acids is 2. The highest BCUT2D eigenvalue weighted by atomic mass is 16.2. The largest absolute Gasteiger partial charge is 0.357 e. The summed E-state index contributed by atoms with van der Waals surface area (Å²) in [6.45, 7) is 2.33. The first-order valence-corrected chi connectivity index (χ1v) is 7.36. The first kappa shape index (κ1) is 13.8. The summed E-state index contributed by atoms with van der Waals surface area (Å²) in [7, 11) is 0. The average Bonchev–Trinajstić information content (AvgIpc) is 3.16. The van der Waals surface area contributed by atoms with Crippen molar-refractivity contribution in [3.05, 3.63) is 18.1 Å². The third kappa shape index (κ3) is 3.29. The molecule has 1 unspecified atom stereocenters. The summed E-state index contributed by atoms with van der Waals surface area (Å²) in [5.41, 5.74) is 0. The summed E-state index contributed by atoms with van der Waals surface area (Å²) in [6.07, 6.45) is 5.08. The van der Waals surface area contributed by atoms with E-state index in [0.29, 0.717) is 18.7 Å². The topological polar surface area (TPSA) is 87.2 Å². The highest BCUT2D eigenvalue weighted by Crippen LogP contribution is 2.16. The molecule has 2 aliphatic heterocycles. The Bertz CT molecular complexity index is 542. The summed E-state index contributed by atoms with van der Waals surface area (Å²) < 4.78 is 0. The molecular weight excluding hydrogens is 270 g/mol. The standard InChI is InChI=1S/C14H19N5O2/c20-13-4-3-10(17-13)14(21)16-9-11-15-6-5-12(18-11)19-7-1-2-8-19/h5-6,10H,1-4,7-9H2,(H,16,21)(H,17,20). The first-order valence-electron chi connectivity index (χ1n) is 7.36. The van der Waals surface area contributed by atoms with Gasteiger partial charge in [0.1, 0.15) is 17.7 Å². The van der Waals surface area contributed by atoms with Gasteiger partial charge >= 0.3 is 0 Å². The van der Waals surface area contributed by atoms with Crippen LogP contribution in [-0.4, -0.2) is 40.9 Å². The molecule has 3 heterocycles. The minimum atomic E-state index is -0.417. The van der Waals surface area contributed by atoms with Crippen LogP contribution < -0.4 is 15.5 Å². The normalized spacial score (nSPS) is 21.4. The number of aromatic nitrogens is 2. The van der Waals surface area contributed by atoms with E-state index in [-0.39, 0.29) is 18.4 Å². The monoisotopic (exact) mass is 289 g/mol. The maximum absolute atomic E-state index is 11.9. The maximum atomic E-state index is 11.9. The fraction of sp³-hybridized carbons (Fsp3) is 0.571. The highest BCUT2D eigenvalue weighted by Gasteiger charge is 2.26. The lowest BCUT2D eigenvalue weighted by Crippen LogP contribution is -2.41. The molecule has 0 spiro atoms. The summed E-state index contributed by atoms with van der Waals surface area (Å²) in [4.78, 5) is 33.9. The number of nitrogens with one attached hydrogen (secondary N) is 2. The predicted octanol–water partition coefficient (Wildman–Crippen LogP) is -0.0284. The lowest BCUT2D eigenvalue weighted by Gasteiger charge is -2.16. The minimum Gasteiger partial charge on any atom is -0.357 e. The molecule has 0 aromatic carbocycles. The molecule has 0 saturated carbocycles. The van der Waals surface area contributed by atoms with Crippen LogP contribution in [0.2, 0.25) is 0 Å². The van der Waals surface area contributed by atoms with E-state index in [0.717, 1.165) is 18.9 Å². The van der Waals surface area contributed by atoms with E-state index in [1.54, 1.807) is 6.20 Å². The second-order valence-electron chi connectivity index (χ2n) is 5.40. The van der Waals surface area contributed by atoms with Crippen LogP contribution in [0, 0.1) is 0 Å². The van der Waals surface area contributed by atoms with Gasteiger partial charge in [-0.2, -0.15) is 0 Å². The van der Waals surface area contributed by atoms with Crippen LogP contribution in [0.5, 0.6) is 0 Å². The molecule has 2 saturated heterocycles. The van der Waals surface area contributed by atoms with Crippen molar-refractivity contribution in [3.8, 4) is 0 Å². The number of anilines is 1. The van der Waals surface area contributed by atoms with Crippen molar-refractivity contribution in [2.24, 2.45) is 0 Å². The van der Waals surface area contributed by atoms with Crippen molar-refractivity contribution in [2.75, 3.05) is 18.0 Å². The van der Waals surface area contributed by atoms with Gasteiger partial charge in [-0.1, -0.05) is 0 Å². The van der Waals surface area contributed by atoms with E-state index < -0.39 is 6.04 Å². The number of hydrogen-bond donors (Lipinski definition) is 2. The van der Waals surface area contributed by atoms with E-state index >= 15 is 0 Å².